The largest absolute Gasteiger partial charge is 0.494 e. The molecule has 0 radical (unpaired) electrons. The zero-order valence-corrected chi connectivity index (χ0v) is 10.6. The molecule has 1 rings (SSSR count). The zero-order valence-electron chi connectivity index (χ0n) is 10.6. The summed E-state index contributed by atoms with van der Waals surface area (Å²) in [5, 5.41) is 0. The van der Waals surface area contributed by atoms with Crippen molar-refractivity contribution in [2.24, 2.45) is 11.7 Å². The van der Waals surface area contributed by atoms with Crippen LogP contribution in [0.3, 0.4) is 0 Å². The van der Waals surface area contributed by atoms with E-state index < -0.39 is 5.91 Å². The summed E-state index contributed by atoms with van der Waals surface area (Å²) in [5.74, 6) is 1.04. The van der Waals surface area contributed by atoms with E-state index in [1.807, 2.05) is 6.07 Å². The quantitative estimate of drug-likeness (QED) is 0.739. The molecule has 0 saturated carbocycles. The van der Waals surface area contributed by atoms with E-state index in [9.17, 15) is 4.79 Å². The van der Waals surface area contributed by atoms with Gasteiger partial charge in [-0.2, -0.15) is 0 Å². The van der Waals surface area contributed by atoms with Crippen molar-refractivity contribution in [1.29, 1.82) is 0 Å². The molecule has 0 atom stereocenters. The lowest BCUT2D eigenvalue weighted by Crippen LogP contribution is -2.10. The van der Waals surface area contributed by atoms with Crippen molar-refractivity contribution < 1.29 is 9.53 Å². The molecule has 0 spiro atoms. The topological polar surface area (TPSA) is 52.3 Å². The molecule has 0 aromatic heterocycles. The van der Waals surface area contributed by atoms with Crippen LogP contribution in [0.5, 0.6) is 5.75 Å². The fraction of sp³-hybridized carbons (Fsp3) is 0.500. The molecule has 94 valence electrons. The van der Waals surface area contributed by atoms with Crippen molar-refractivity contribution in [1.82, 2.24) is 0 Å². The number of carbonyl (C=O) groups is 1. The minimum absolute atomic E-state index is 0.421. The average Bonchev–Trinajstić information content (AvgIpc) is 2.28. The van der Waals surface area contributed by atoms with E-state index in [4.69, 9.17) is 10.5 Å². The number of hydrogen-bond acceptors (Lipinski definition) is 2. The van der Waals surface area contributed by atoms with Crippen LogP contribution < -0.4 is 10.5 Å². The fourth-order valence-corrected chi connectivity index (χ4v) is 1.58. The van der Waals surface area contributed by atoms with E-state index in [1.54, 1.807) is 18.2 Å². The van der Waals surface area contributed by atoms with Crippen molar-refractivity contribution in [3.05, 3.63) is 29.8 Å². The van der Waals surface area contributed by atoms with E-state index in [0.29, 0.717) is 17.9 Å². The van der Waals surface area contributed by atoms with Crippen LogP contribution in [0.1, 0.15) is 43.5 Å². The molecular formula is C14H21NO2. The summed E-state index contributed by atoms with van der Waals surface area (Å²) in [7, 11) is 0. The minimum Gasteiger partial charge on any atom is -0.494 e. The normalized spacial score (nSPS) is 10.5. The molecular weight excluding hydrogens is 214 g/mol. The lowest BCUT2D eigenvalue weighted by molar-refractivity contribution is 0.1000. The maximum Gasteiger partial charge on any atom is 0.248 e. The summed E-state index contributed by atoms with van der Waals surface area (Å²) in [5.41, 5.74) is 5.69. The van der Waals surface area contributed by atoms with Crippen LogP contribution in [0.2, 0.25) is 0 Å². The van der Waals surface area contributed by atoms with Gasteiger partial charge in [-0.1, -0.05) is 26.3 Å². The van der Waals surface area contributed by atoms with Gasteiger partial charge in [0.05, 0.1) is 6.61 Å². The molecule has 17 heavy (non-hydrogen) atoms. The summed E-state index contributed by atoms with van der Waals surface area (Å²) >= 11 is 0. The maximum absolute atomic E-state index is 11.0. The smallest absolute Gasteiger partial charge is 0.248 e. The van der Waals surface area contributed by atoms with Gasteiger partial charge in [-0.15, -0.1) is 0 Å². The van der Waals surface area contributed by atoms with Crippen molar-refractivity contribution >= 4 is 5.91 Å². The van der Waals surface area contributed by atoms with Gasteiger partial charge in [-0.3, -0.25) is 4.79 Å². The van der Waals surface area contributed by atoms with E-state index in [2.05, 4.69) is 13.8 Å². The molecule has 0 aliphatic heterocycles. The van der Waals surface area contributed by atoms with E-state index in [0.717, 1.165) is 12.3 Å². The van der Waals surface area contributed by atoms with Crippen LogP contribution in [-0.2, 0) is 0 Å². The lowest BCUT2D eigenvalue weighted by atomic mass is 10.1. The number of ether oxygens (including phenoxy) is 1. The Morgan fingerprint density at radius 2 is 2.12 bits per heavy atom. The Kier molecular flexibility index (Phi) is 5.53. The first kappa shape index (κ1) is 13.6. The lowest BCUT2D eigenvalue weighted by Gasteiger charge is -2.08. The predicted octanol–water partition coefficient (Wildman–Crippen LogP) is 2.99. The van der Waals surface area contributed by atoms with E-state index >= 15 is 0 Å². The van der Waals surface area contributed by atoms with Crippen molar-refractivity contribution in [2.75, 3.05) is 6.61 Å². The second kappa shape index (κ2) is 6.94. The molecule has 0 heterocycles. The van der Waals surface area contributed by atoms with Gasteiger partial charge < -0.3 is 10.5 Å². The van der Waals surface area contributed by atoms with E-state index in [1.165, 1.54) is 12.8 Å². The van der Waals surface area contributed by atoms with Crippen LogP contribution in [0, 0.1) is 5.92 Å². The Bertz CT molecular complexity index is 361. The molecule has 0 fully saturated rings. The predicted molar refractivity (Wildman–Crippen MR) is 69.1 cm³/mol. The molecule has 1 aromatic carbocycles. The Balaban J connectivity index is 2.31. The molecule has 0 bridgehead atoms. The van der Waals surface area contributed by atoms with Crippen molar-refractivity contribution in [2.45, 2.75) is 33.1 Å². The first-order valence-corrected chi connectivity index (χ1v) is 6.12. The molecule has 0 aliphatic rings. The molecule has 0 aliphatic carbocycles. The third-order valence-corrected chi connectivity index (χ3v) is 2.56. The SMILES string of the molecule is CC(C)CCCCOc1cccc(C(N)=O)c1. The summed E-state index contributed by atoms with van der Waals surface area (Å²) in [6.45, 7) is 5.13. The maximum atomic E-state index is 11.0. The number of nitrogens with two attached hydrogens (primary N) is 1. The Morgan fingerprint density at radius 3 is 2.76 bits per heavy atom. The zero-order chi connectivity index (χ0) is 12.7. The molecule has 3 nitrogen and oxygen atoms in total. The highest BCUT2D eigenvalue weighted by Gasteiger charge is 2.01. The van der Waals surface area contributed by atoms with Crippen LogP contribution >= 0.6 is 0 Å². The summed E-state index contributed by atoms with van der Waals surface area (Å²) in [4.78, 5) is 11.0. The highest BCUT2D eigenvalue weighted by atomic mass is 16.5. The Labute approximate surface area is 103 Å². The van der Waals surface area contributed by atoms with Gasteiger partial charge >= 0.3 is 0 Å². The van der Waals surface area contributed by atoms with Gasteiger partial charge in [-0.05, 0) is 37.0 Å². The Morgan fingerprint density at radius 1 is 1.35 bits per heavy atom. The number of hydrogen-bond donors (Lipinski definition) is 1. The first-order valence-electron chi connectivity index (χ1n) is 6.12. The van der Waals surface area contributed by atoms with Crippen LogP contribution in [0.25, 0.3) is 0 Å². The fourth-order valence-electron chi connectivity index (χ4n) is 1.58. The van der Waals surface area contributed by atoms with Gasteiger partial charge in [0.1, 0.15) is 5.75 Å². The van der Waals surface area contributed by atoms with Gasteiger partial charge in [0.25, 0.3) is 0 Å². The number of carbonyl (C=O) groups excluding carboxylic acids is 1. The van der Waals surface area contributed by atoms with Gasteiger partial charge in [0, 0.05) is 5.56 Å². The number of rotatable bonds is 7. The molecule has 0 saturated heterocycles. The highest BCUT2D eigenvalue weighted by Crippen LogP contribution is 2.14. The second-order valence-electron chi connectivity index (χ2n) is 4.63. The summed E-state index contributed by atoms with van der Waals surface area (Å²) < 4.78 is 5.57. The van der Waals surface area contributed by atoms with Gasteiger partial charge in [0.15, 0.2) is 0 Å². The van der Waals surface area contributed by atoms with Crippen LogP contribution in [0.15, 0.2) is 24.3 Å². The monoisotopic (exact) mass is 235 g/mol. The van der Waals surface area contributed by atoms with Crippen LogP contribution in [-0.4, -0.2) is 12.5 Å². The molecule has 3 heteroatoms. The molecule has 1 amide bonds. The standard InChI is InChI=1S/C14H21NO2/c1-11(2)6-3-4-9-17-13-8-5-7-12(10-13)14(15)16/h5,7-8,10-11H,3-4,6,9H2,1-2H3,(H2,15,16). The third-order valence-electron chi connectivity index (χ3n) is 2.56. The third kappa shape index (κ3) is 5.38. The summed E-state index contributed by atoms with van der Waals surface area (Å²) in [6, 6.07) is 7.00. The number of unbranched alkanes of at least 4 members (excludes halogenated alkanes) is 1. The first-order chi connectivity index (χ1) is 8.09. The van der Waals surface area contributed by atoms with Crippen molar-refractivity contribution in [3.8, 4) is 5.75 Å². The number of benzene rings is 1. The second-order valence-corrected chi connectivity index (χ2v) is 4.63. The van der Waals surface area contributed by atoms with Gasteiger partial charge in [0.2, 0.25) is 5.91 Å². The molecule has 1 aromatic rings. The minimum atomic E-state index is -0.421. The molecule has 0 unspecified atom stereocenters. The number of amides is 1. The number of primary amides is 1. The van der Waals surface area contributed by atoms with Gasteiger partial charge in [-0.25, -0.2) is 0 Å². The highest BCUT2D eigenvalue weighted by molar-refractivity contribution is 5.93. The van der Waals surface area contributed by atoms with Crippen LogP contribution in [0.4, 0.5) is 0 Å². The van der Waals surface area contributed by atoms with E-state index in [-0.39, 0.29) is 0 Å². The molecule has 2 N–H and O–H groups in total. The average molecular weight is 235 g/mol. The summed E-state index contributed by atoms with van der Waals surface area (Å²) in [6.07, 6.45) is 3.44. The Hall–Kier alpha value is -1.51. The van der Waals surface area contributed by atoms with Crippen molar-refractivity contribution in [3.63, 3.8) is 0 Å².